The normalized spacial score (nSPS) is 11.3. The number of amides is 1. The zero-order valence-corrected chi connectivity index (χ0v) is 19.7. The molecule has 0 aliphatic carbocycles. The number of carbonyl (C=O) groups is 1. The Morgan fingerprint density at radius 3 is 2.29 bits per heavy atom. The number of phenols is 1. The van der Waals surface area contributed by atoms with E-state index in [9.17, 15) is 9.90 Å². The first-order valence-corrected chi connectivity index (χ1v) is 10.9. The molecule has 1 amide bonds. The number of fused-ring (bicyclic) bond motifs is 1. The summed E-state index contributed by atoms with van der Waals surface area (Å²) in [5.74, 6) is 1.24. The summed E-state index contributed by atoms with van der Waals surface area (Å²) in [6.07, 6.45) is 8.72. The first-order valence-electron chi connectivity index (χ1n) is 10.9. The number of anilines is 1. The lowest BCUT2D eigenvalue weighted by atomic mass is 10.1. The van der Waals surface area contributed by atoms with E-state index in [1.54, 1.807) is 45.6 Å². The predicted molar refractivity (Wildman–Crippen MR) is 139 cm³/mol. The minimum Gasteiger partial charge on any atom is -0.506 e. The molecule has 0 aliphatic rings. The van der Waals surface area contributed by atoms with Crippen molar-refractivity contribution >= 4 is 40.7 Å². The summed E-state index contributed by atoms with van der Waals surface area (Å²) < 4.78 is 16.1. The number of H-pyrrole nitrogens is 1. The number of phenolic OH excluding ortho intramolecular Hbond substituents is 1. The van der Waals surface area contributed by atoms with Gasteiger partial charge in [0.1, 0.15) is 5.75 Å². The second kappa shape index (κ2) is 10.5. The van der Waals surface area contributed by atoms with Gasteiger partial charge in [0.25, 0.3) is 0 Å². The third kappa shape index (κ3) is 5.30. The second-order valence-electron chi connectivity index (χ2n) is 7.68. The Bertz CT molecular complexity index is 1390. The maximum atomic E-state index is 12.4. The van der Waals surface area contributed by atoms with Gasteiger partial charge in [-0.15, -0.1) is 0 Å². The van der Waals surface area contributed by atoms with Crippen LogP contribution in [-0.2, 0) is 4.79 Å². The molecule has 0 aliphatic heterocycles. The number of aromatic amines is 1. The van der Waals surface area contributed by atoms with Crippen molar-refractivity contribution in [1.29, 1.82) is 0 Å². The molecule has 1 heterocycles. The van der Waals surface area contributed by atoms with Gasteiger partial charge in [-0.2, -0.15) is 0 Å². The monoisotopic (exact) mass is 470 g/mol. The van der Waals surface area contributed by atoms with E-state index in [-0.39, 0.29) is 11.7 Å². The number of hydrogen-bond donors (Lipinski definition) is 3. The minimum absolute atomic E-state index is 0.0362. The molecule has 0 fully saturated rings. The van der Waals surface area contributed by atoms with Crippen LogP contribution in [0.4, 0.5) is 5.69 Å². The molecular formula is C28H26N2O5. The van der Waals surface area contributed by atoms with E-state index in [2.05, 4.69) is 10.3 Å². The van der Waals surface area contributed by atoms with Gasteiger partial charge in [-0.3, -0.25) is 4.79 Å². The lowest BCUT2D eigenvalue weighted by molar-refractivity contribution is -0.111. The Kier molecular flexibility index (Phi) is 7.07. The fraction of sp³-hybridized carbons (Fsp3) is 0.107. The van der Waals surface area contributed by atoms with Crippen molar-refractivity contribution in [3.8, 4) is 23.0 Å². The van der Waals surface area contributed by atoms with Crippen molar-refractivity contribution in [3.63, 3.8) is 0 Å². The van der Waals surface area contributed by atoms with E-state index >= 15 is 0 Å². The van der Waals surface area contributed by atoms with E-state index in [0.717, 1.165) is 27.6 Å². The molecule has 4 aromatic rings. The van der Waals surface area contributed by atoms with Crippen LogP contribution in [0.3, 0.4) is 0 Å². The van der Waals surface area contributed by atoms with E-state index in [1.165, 1.54) is 6.08 Å². The molecule has 0 unspecified atom stereocenters. The molecule has 0 spiro atoms. The lowest BCUT2D eigenvalue weighted by Crippen LogP contribution is -2.07. The molecular weight excluding hydrogens is 444 g/mol. The van der Waals surface area contributed by atoms with E-state index in [1.807, 2.05) is 54.7 Å². The number of methoxy groups -OCH3 is 3. The number of hydrogen-bond acceptors (Lipinski definition) is 5. The van der Waals surface area contributed by atoms with Gasteiger partial charge in [-0.25, -0.2) is 0 Å². The maximum Gasteiger partial charge on any atom is 0.248 e. The number of rotatable bonds is 8. The van der Waals surface area contributed by atoms with Crippen molar-refractivity contribution < 1.29 is 24.1 Å². The van der Waals surface area contributed by atoms with Crippen molar-refractivity contribution in [2.45, 2.75) is 0 Å². The highest BCUT2D eigenvalue weighted by Gasteiger charge is 2.12. The largest absolute Gasteiger partial charge is 0.506 e. The van der Waals surface area contributed by atoms with Crippen LogP contribution >= 0.6 is 0 Å². The van der Waals surface area contributed by atoms with Crippen LogP contribution in [0.1, 0.15) is 16.7 Å². The third-order valence-electron chi connectivity index (χ3n) is 5.47. The molecule has 7 nitrogen and oxygen atoms in total. The van der Waals surface area contributed by atoms with Crippen LogP contribution in [0.15, 0.2) is 66.9 Å². The molecule has 0 bridgehead atoms. The summed E-state index contributed by atoms with van der Waals surface area (Å²) >= 11 is 0. The molecule has 1 aromatic heterocycles. The van der Waals surface area contributed by atoms with E-state index < -0.39 is 0 Å². The summed E-state index contributed by atoms with van der Waals surface area (Å²) in [5, 5.41) is 14.2. The number of carbonyl (C=O) groups excluding carboxylic acids is 1. The Labute approximate surface area is 203 Å². The first-order chi connectivity index (χ1) is 17.0. The molecule has 35 heavy (non-hydrogen) atoms. The van der Waals surface area contributed by atoms with Gasteiger partial charge in [0.05, 0.1) is 27.0 Å². The van der Waals surface area contributed by atoms with Crippen molar-refractivity contribution in [2.75, 3.05) is 26.6 Å². The Balaban J connectivity index is 1.46. The maximum absolute atomic E-state index is 12.4. The standard InChI is InChI=1S/C28H26N2O5/c1-33-25-15-19(16-26(34-2)28(25)35-3)9-8-18-10-12-23(24(31)14-18)30-27(32)13-11-20-17-29-22-7-5-4-6-21(20)22/h4-17,29,31H,1-3H3,(H,30,32)/b9-8+,13-11+. The SMILES string of the molecule is COc1cc(/C=C/c2ccc(NC(=O)/C=C/c3c[nH]c4ccccc34)c(O)c2)cc(OC)c1OC. The van der Waals surface area contributed by atoms with Crippen LogP contribution in [0.5, 0.6) is 23.0 Å². The highest BCUT2D eigenvalue weighted by atomic mass is 16.5. The second-order valence-corrected chi connectivity index (χ2v) is 7.68. The quantitative estimate of drug-likeness (QED) is 0.174. The third-order valence-corrected chi connectivity index (χ3v) is 5.47. The first kappa shape index (κ1) is 23.5. The Morgan fingerprint density at radius 1 is 0.886 bits per heavy atom. The average molecular weight is 471 g/mol. The molecule has 0 radical (unpaired) electrons. The summed E-state index contributed by atoms with van der Waals surface area (Å²) in [5.41, 5.74) is 3.82. The van der Waals surface area contributed by atoms with Gasteiger partial charge in [0.15, 0.2) is 11.5 Å². The fourth-order valence-corrected chi connectivity index (χ4v) is 3.72. The Hall–Kier alpha value is -4.65. The molecule has 4 rings (SSSR count). The van der Waals surface area contributed by atoms with Crippen LogP contribution in [0, 0.1) is 0 Å². The highest BCUT2D eigenvalue weighted by Crippen LogP contribution is 2.38. The number of nitrogens with one attached hydrogen (secondary N) is 2. The highest BCUT2D eigenvalue weighted by molar-refractivity contribution is 6.04. The summed E-state index contributed by atoms with van der Waals surface area (Å²) in [6, 6.07) is 16.5. The topological polar surface area (TPSA) is 92.8 Å². The summed E-state index contributed by atoms with van der Waals surface area (Å²) in [7, 11) is 4.67. The van der Waals surface area contributed by atoms with Gasteiger partial charge < -0.3 is 29.6 Å². The zero-order valence-electron chi connectivity index (χ0n) is 19.7. The van der Waals surface area contributed by atoms with Crippen LogP contribution < -0.4 is 19.5 Å². The van der Waals surface area contributed by atoms with Crippen molar-refractivity contribution in [2.24, 2.45) is 0 Å². The van der Waals surface area contributed by atoms with Gasteiger partial charge in [0, 0.05) is 23.2 Å². The number of ether oxygens (including phenoxy) is 3. The summed E-state index contributed by atoms with van der Waals surface area (Å²) in [4.78, 5) is 15.6. The molecule has 0 atom stereocenters. The van der Waals surface area contributed by atoms with Gasteiger partial charge >= 0.3 is 0 Å². The number of benzene rings is 3. The molecule has 3 N–H and O–H groups in total. The zero-order chi connectivity index (χ0) is 24.8. The molecule has 0 saturated carbocycles. The van der Waals surface area contributed by atoms with Gasteiger partial charge in [-0.05, 0) is 53.1 Å². The molecule has 3 aromatic carbocycles. The molecule has 0 saturated heterocycles. The molecule has 178 valence electrons. The Morgan fingerprint density at radius 2 is 1.60 bits per heavy atom. The fourth-order valence-electron chi connectivity index (χ4n) is 3.72. The number of aromatic nitrogens is 1. The van der Waals surface area contributed by atoms with Crippen LogP contribution in [0.25, 0.3) is 29.1 Å². The van der Waals surface area contributed by atoms with Crippen LogP contribution in [-0.4, -0.2) is 37.3 Å². The van der Waals surface area contributed by atoms with Crippen molar-refractivity contribution in [3.05, 3.63) is 83.6 Å². The molecule has 7 heteroatoms. The van der Waals surface area contributed by atoms with E-state index in [0.29, 0.717) is 22.9 Å². The van der Waals surface area contributed by atoms with Gasteiger partial charge in [-0.1, -0.05) is 36.4 Å². The number of aromatic hydroxyl groups is 1. The summed E-state index contributed by atoms with van der Waals surface area (Å²) in [6.45, 7) is 0. The van der Waals surface area contributed by atoms with Crippen LogP contribution in [0.2, 0.25) is 0 Å². The predicted octanol–water partition coefficient (Wildman–Crippen LogP) is 5.72. The lowest BCUT2D eigenvalue weighted by Gasteiger charge is -2.12. The van der Waals surface area contributed by atoms with Crippen molar-refractivity contribution in [1.82, 2.24) is 4.98 Å². The minimum atomic E-state index is -0.341. The smallest absolute Gasteiger partial charge is 0.248 e. The van der Waals surface area contributed by atoms with E-state index in [4.69, 9.17) is 14.2 Å². The van der Waals surface area contributed by atoms with Gasteiger partial charge in [0.2, 0.25) is 11.7 Å². The average Bonchev–Trinajstić information content (AvgIpc) is 3.30. The number of para-hydroxylation sites is 1.